The first-order valence-corrected chi connectivity index (χ1v) is 9.14. The lowest BCUT2D eigenvalue weighted by Crippen LogP contribution is -2.27. The summed E-state index contributed by atoms with van der Waals surface area (Å²) in [7, 11) is 0. The molecule has 1 aliphatic carbocycles. The van der Waals surface area contributed by atoms with Crippen LogP contribution < -0.4 is 10.9 Å². The van der Waals surface area contributed by atoms with Gasteiger partial charge in [0.05, 0.1) is 22.9 Å². The zero-order valence-corrected chi connectivity index (χ0v) is 14.7. The minimum Gasteiger partial charge on any atom is -0.300 e. The first kappa shape index (κ1) is 16.0. The van der Waals surface area contributed by atoms with Gasteiger partial charge in [-0.15, -0.1) is 11.3 Å². The Morgan fingerprint density at radius 2 is 2.24 bits per heavy atom. The van der Waals surface area contributed by atoms with Crippen molar-refractivity contribution >= 4 is 33.3 Å². The summed E-state index contributed by atoms with van der Waals surface area (Å²) in [5.41, 5.74) is 1.52. The molecule has 0 fully saturated rings. The fourth-order valence-corrected chi connectivity index (χ4v) is 4.31. The van der Waals surface area contributed by atoms with Gasteiger partial charge in [0.2, 0.25) is 5.91 Å². The van der Waals surface area contributed by atoms with Crippen LogP contribution in [0.4, 0.5) is 5.13 Å². The predicted octanol–water partition coefficient (Wildman–Crippen LogP) is 2.62. The summed E-state index contributed by atoms with van der Waals surface area (Å²) >= 11 is 1.54. The molecule has 1 atom stereocenters. The molecule has 25 heavy (non-hydrogen) atoms. The maximum atomic E-state index is 12.4. The number of nitrogens with one attached hydrogen (secondary N) is 1. The number of fused-ring (bicyclic) bond motifs is 2. The Morgan fingerprint density at radius 3 is 3.12 bits per heavy atom. The standard InChI is InChI=1S/C18H18N4O2S/c1-11-6-7-14-15(8-11)25-18(20-14)21-16(23)9-22-10-19-13-5-3-2-4-12(13)17(22)24/h2-5,10-11H,6-9H2,1H3,(H,20,21,23)/t11-/m1/s1. The molecule has 0 saturated heterocycles. The summed E-state index contributed by atoms with van der Waals surface area (Å²) in [6.45, 7) is 2.16. The molecule has 128 valence electrons. The summed E-state index contributed by atoms with van der Waals surface area (Å²) in [6, 6.07) is 7.12. The molecular weight excluding hydrogens is 336 g/mol. The van der Waals surface area contributed by atoms with E-state index in [0.29, 0.717) is 22.0 Å². The molecule has 0 radical (unpaired) electrons. The van der Waals surface area contributed by atoms with E-state index < -0.39 is 0 Å². The van der Waals surface area contributed by atoms with Crippen LogP contribution in [0.2, 0.25) is 0 Å². The molecule has 0 unspecified atom stereocenters. The van der Waals surface area contributed by atoms with Crippen LogP contribution in [0, 0.1) is 5.92 Å². The number of nitrogens with zero attached hydrogens (tertiary/aromatic N) is 3. The number of carbonyl (C=O) groups is 1. The molecule has 1 amide bonds. The molecule has 7 heteroatoms. The van der Waals surface area contributed by atoms with Crippen LogP contribution in [0.5, 0.6) is 0 Å². The number of aryl methyl sites for hydroxylation is 1. The topological polar surface area (TPSA) is 76.9 Å². The molecule has 6 nitrogen and oxygen atoms in total. The third-order valence-electron chi connectivity index (χ3n) is 4.48. The van der Waals surface area contributed by atoms with Crippen LogP contribution in [0.3, 0.4) is 0 Å². The zero-order chi connectivity index (χ0) is 17.4. The molecule has 3 aromatic rings. The van der Waals surface area contributed by atoms with E-state index in [2.05, 4.69) is 22.2 Å². The summed E-state index contributed by atoms with van der Waals surface area (Å²) < 4.78 is 1.33. The third-order valence-corrected chi connectivity index (χ3v) is 5.51. The summed E-state index contributed by atoms with van der Waals surface area (Å²) in [5.74, 6) is 0.400. The number of hydrogen-bond acceptors (Lipinski definition) is 5. The molecule has 4 rings (SSSR count). The number of rotatable bonds is 3. The average Bonchev–Trinajstić information content (AvgIpc) is 2.98. The van der Waals surface area contributed by atoms with Crippen LogP contribution in [-0.2, 0) is 24.2 Å². The number of para-hydroxylation sites is 1. The number of thiazole rings is 1. The number of hydrogen-bond donors (Lipinski definition) is 1. The van der Waals surface area contributed by atoms with Crippen LogP contribution >= 0.6 is 11.3 Å². The van der Waals surface area contributed by atoms with Gasteiger partial charge in [0, 0.05) is 4.88 Å². The summed E-state index contributed by atoms with van der Waals surface area (Å²) in [5, 5.41) is 3.95. The largest absolute Gasteiger partial charge is 0.300 e. The van der Waals surface area contributed by atoms with E-state index in [9.17, 15) is 9.59 Å². The summed E-state index contributed by atoms with van der Waals surface area (Å²) in [4.78, 5) is 34.8. The van der Waals surface area contributed by atoms with Crippen molar-refractivity contribution in [2.75, 3.05) is 5.32 Å². The average molecular weight is 354 g/mol. The van der Waals surface area contributed by atoms with Crippen molar-refractivity contribution in [3.8, 4) is 0 Å². The quantitative estimate of drug-likeness (QED) is 0.784. The Labute approximate surface area is 148 Å². The number of aromatic nitrogens is 3. The maximum absolute atomic E-state index is 12.4. The Morgan fingerprint density at radius 1 is 1.40 bits per heavy atom. The van der Waals surface area contributed by atoms with Crippen molar-refractivity contribution < 1.29 is 4.79 Å². The molecule has 0 saturated carbocycles. The second kappa shape index (κ2) is 6.40. The van der Waals surface area contributed by atoms with Gasteiger partial charge in [0.25, 0.3) is 5.56 Å². The number of amides is 1. The van der Waals surface area contributed by atoms with E-state index in [1.165, 1.54) is 27.1 Å². The minimum atomic E-state index is -0.265. The Bertz CT molecular complexity index is 1010. The van der Waals surface area contributed by atoms with Gasteiger partial charge in [-0.05, 0) is 37.3 Å². The molecule has 2 aromatic heterocycles. The first-order chi connectivity index (χ1) is 12.1. The maximum Gasteiger partial charge on any atom is 0.261 e. The molecule has 0 aliphatic heterocycles. The van der Waals surface area contributed by atoms with Crippen molar-refractivity contribution in [1.82, 2.24) is 14.5 Å². The SMILES string of the molecule is C[C@@H]1CCc2nc(NC(=O)Cn3cnc4ccccc4c3=O)sc2C1. The highest BCUT2D eigenvalue weighted by atomic mass is 32.1. The van der Waals surface area contributed by atoms with E-state index in [4.69, 9.17) is 0 Å². The van der Waals surface area contributed by atoms with Gasteiger partial charge >= 0.3 is 0 Å². The van der Waals surface area contributed by atoms with Crippen LogP contribution in [0.15, 0.2) is 35.4 Å². The predicted molar refractivity (Wildman–Crippen MR) is 97.9 cm³/mol. The number of carbonyl (C=O) groups excluding carboxylic acids is 1. The van der Waals surface area contributed by atoms with Crippen LogP contribution in [0.25, 0.3) is 10.9 Å². The first-order valence-electron chi connectivity index (χ1n) is 8.33. The van der Waals surface area contributed by atoms with Gasteiger partial charge in [-0.1, -0.05) is 19.1 Å². The molecule has 2 heterocycles. The van der Waals surface area contributed by atoms with Crippen molar-refractivity contribution in [2.45, 2.75) is 32.7 Å². The molecule has 1 aromatic carbocycles. The van der Waals surface area contributed by atoms with Gasteiger partial charge in [-0.3, -0.25) is 14.2 Å². The van der Waals surface area contributed by atoms with E-state index in [0.717, 1.165) is 25.0 Å². The van der Waals surface area contributed by atoms with Crippen molar-refractivity contribution in [2.24, 2.45) is 5.92 Å². The Kier molecular flexibility index (Phi) is 4.09. The van der Waals surface area contributed by atoms with E-state index >= 15 is 0 Å². The highest BCUT2D eigenvalue weighted by Crippen LogP contribution is 2.32. The minimum absolute atomic E-state index is 0.0721. The fourth-order valence-electron chi connectivity index (χ4n) is 3.13. The monoisotopic (exact) mass is 354 g/mol. The normalized spacial score (nSPS) is 16.6. The van der Waals surface area contributed by atoms with Gasteiger partial charge in [-0.2, -0.15) is 0 Å². The Hall–Kier alpha value is -2.54. The van der Waals surface area contributed by atoms with E-state index in [1.54, 1.807) is 18.2 Å². The lowest BCUT2D eigenvalue weighted by atomic mass is 9.93. The number of anilines is 1. The van der Waals surface area contributed by atoms with Crippen molar-refractivity contribution in [1.29, 1.82) is 0 Å². The van der Waals surface area contributed by atoms with Gasteiger partial charge in [0.15, 0.2) is 5.13 Å². The highest BCUT2D eigenvalue weighted by Gasteiger charge is 2.20. The van der Waals surface area contributed by atoms with E-state index in [-0.39, 0.29) is 18.0 Å². The van der Waals surface area contributed by atoms with E-state index in [1.807, 2.05) is 6.07 Å². The fraction of sp³-hybridized carbons (Fsp3) is 0.333. The van der Waals surface area contributed by atoms with Crippen LogP contribution in [-0.4, -0.2) is 20.4 Å². The molecule has 0 spiro atoms. The van der Waals surface area contributed by atoms with Gasteiger partial charge < -0.3 is 5.32 Å². The Balaban J connectivity index is 1.51. The second-order valence-electron chi connectivity index (χ2n) is 6.48. The van der Waals surface area contributed by atoms with Crippen molar-refractivity contribution in [3.05, 3.63) is 51.5 Å². The molecule has 1 aliphatic rings. The third kappa shape index (κ3) is 3.19. The highest BCUT2D eigenvalue weighted by molar-refractivity contribution is 7.15. The summed E-state index contributed by atoms with van der Waals surface area (Å²) in [6.07, 6.45) is 4.55. The molecule has 1 N–H and O–H groups in total. The van der Waals surface area contributed by atoms with Crippen LogP contribution in [0.1, 0.15) is 23.9 Å². The molecule has 0 bridgehead atoms. The van der Waals surface area contributed by atoms with Crippen molar-refractivity contribution in [3.63, 3.8) is 0 Å². The smallest absolute Gasteiger partial charge is 0.261 e. The zero-order valence-electron chi connectivity index (χ0n) is 13.9. The van der Waals surface area contributed by atoms with Gasteiger partial charge in [-0.25, -0.2) is 9.97 Å². The lowest BCUT2D eigenvalue weighted by molar-refractivity contribution is -0.116. The van der Waals surface area contributed by atoms with Gasteiger partial charge in [0.1, 0.15) is 6.54 Å². The number of benzene rings is 1. The molecular formula is C18H18N4O2S. The second-order valence-corrected chi connectivity index (χ2v) is 7.56. The lowest BCUT2D eigenvalue weighted by Gasteiger charge is -2.15.